The summed E-state index contributed by atoms with van der Waals surface area (Å²) in [7, 11) is 3.83. The first-order valence-electron chi connectivity index (χ1n) is 6.82. The van der Waals surface area contributed by atoms with Crippen LogP contribution >= 0.6 is 0 Å². The molecule has 21 heavy (non-hydrogen) atoms. The molecule has 0 radical (unpaired) electrons. The monoisotopic (exact) mass is 284 g/mol. The van der Waals surface area contributed by atoms with Crippen LogP contribution in [0.25, 0.3) is 0 Å². The van der Waals surface area contributed by atoms with Gasteiger partial charge in [0, 0.05) is 38.6 Å². The minimum absolute atomic E-state index is 0.110. The average Bonchev–Trinajstić information content (AvgIpc) is 2.47. The number of pyridine rings is 1. The molecule has 0 bridgehead atoms. The third kappa shape index (κ3) is 3.95. The Balaban J connectivity index is 1.93. The first-order chi connectivity index (χ1) is 10.1. The SMILES string of the molecule is CN(C)c1ccc(C(=O)NCCc2ccncc2)cc1N. The second-order valence-electron chi connectivity index (χ2n) is 5.03. The molecule has 0 saturated heterocycles. The molecule has 0 spiro atoms. The fraction of sp³-hybridized carbons (Fsp3) is 0.250. The molecule has 0 atom stereocenters. The maximum Gasteiger partial charge on any atom is 0.251 e. The van der Waals surface area contributed by atoms with Gasteiger partial charge in [-0.1, -0.05) is 0 Å². The lowest BCUT2D eigenvalue weighted by atomic mass is 10.1. The zero-order chi connectivity index (χ0) is 15.2. The molecule has 1 amide bonds. The molecule has 0 aliphatic heterocycles. The van der Waals surface area contributed by atoms with Crippen LogP contribution in [0.15, 0.2) is 42.7 Å². The van der Waals surface area contributed by atoms with Gasteiger partial charge < -0.3 is 16.0 Å². The van der Waals surface area contributed by atoms with Crippen molar-refractivity contribution in [1.29, 1.82) is 0 Å². The zero-order valence-corrected chi connectivity index (χ0v) is 12.3. The van der Waals surface area contributed by atoms with Crippen molar-refractivity contribution in [2.24, 2.45) is 0 Å². The Morgan fingerprint density at radius 3 is 2.57 bits per heavy atom. The van der Waals surface area contributed by atoms with Crippen LogP contribution in [-0.4, -0.2) is 31.5 Å². The Kier molecular flexibility index (Phi) is 4.77. The Bertz CT molecular complexity index is 611. The number of rotatable bonds is 5. The number of carbonyl (C=O) groups excluding carboxylic acids is 1. The normalized spacial score (nSPS) is 10.2. The highest BCUT2D eigenvalue weighted by Crippen LogP contribution is 2.22. The van der Waals surface area contributed by atoms with Crippen LogP contribution in [0.4, 0.5) is 11.4 Å². The lowest BCUT2D eigenvalue weighted by Crippen LogP contribution is -2.26. The van der Waals surface area contributed by atoms with Crippen LogP contribution in [0, 0.1) is 0 Å². The molecular weight excluding hydrogens is 264 g/mol. The number of nitrogen functional groups attached to an aromatic ring is 1. The Morgan fingerprint density at radius 2 is 1.95 bits per heavy atom. The van der Waals surface area contributed by atoms with Gasteiger partial charge in [-0.25, -0.2) is 0 Å². The number of nitrogens with two attached hydrogens (primary N) is 1. The highest BCUT2D eigenvalue weighted by atomic mass is 16.1. The number of anilines is 2. The van der Waals surface area contributed by atoms with Crippen molar-refractivity contribution in [3.63, 3.8) is 0 Å². The summed E-state index contributed by atoms with van der Waals surface area (Å²) >= 11 is 0. The maximum absolute atomic E-state index is 12.1. The summed E-state index contributed by atoms with van der Waals surface area (Å²) in [6.45, 7) is 0.582. The standard InChI is InChI=1S/C16H20N4O/c1-20(2)15-4-3-13(11-14(15)17)16(21)19-10-7-12-5-8-18-9-6-12/h3-6,8-9,11H,7,10,17H2,1-2H3,(H,19,21). The third-order valence-corrected chi connectivity index (χ3v) is 3.22. The first kappa shape index (κ1) is 14.8. The minimum Gasteiger partial charge on any atom is -0.397 e. The van der Waals surface area contributed by atoms with Crippen molar-refractivity contribution in [2.75, 3.05) is 31.3 Å². The topological polar surface area (TPSA) is 71.2 Å². The predicted molar refractivity (Wildman–Crippen MR) is 85.5 cm³/mol. The molecule has 0 aliphatic carbocycles. The van der Waals surface area contributed by atoms with Gasteiger partial charge in [-0.3, -0.25) is 9.78 Å². The van der Waals surface area contributed by atoms with E-state index in [0.29, 0.717) is 17.8 Å². The van der Waals surface area contributed by atoms with Gasteiger partial charge in [0.15, 0.2) is 0 Å². The summed E-state index contributed by atoms with van der Waals surface area (Å²) in [5, 5.41) is 2.89. The quantitative estimate of drug-likeness (QED) is 0.820. The Labute approximate surface area is 124 Å². The van der Waals surface area contributed by atoms with E-state index in [1.54, 1.807) is 24.5 Å². The predicted octanol–water partition coefficient (Wildman–Crippen LogP) is 1.70. The molecule has 2 rings (SSSR count). The molecule has 0 fully saturated rings. The van der Waals surface area contributed by atoms with E-state index in [1.807, 2.05) is 37.2 Å². The number of amides is 1. The summed E-state index contributed by atoms with van der Waals surface area (Å²) < 4.78 is 0. The molecule has 1 heterocycles. The molecule has 1 aromatic carbocycles. The lowest BCUT2D eigenvalue weighted by Gasteiger charge is -2.15. The van der Waals surface area contributed by atoms with Crippen molar-refractivity contribution >= 4 is 17.3 Å². The summed E-state index contributed by atoms with van der Waals surface area (Å²) in [6, 6.07) is 9.23. The maximum atomic E-state index is 12.1. The van der Waals surface area contributed by atoms with Gasteiger partial charge in [-0.2, -0.15) is 0 Å². The van der Waals surface area contributed by atoms with Crippen LogP contribution in [0.3, 0.4) is 0 Å². The molecule has 2 aromatic rings. The van der Waals surface area contributed by atoms with Crippen molar-refractivity contribution in [1.82, 2.24) is 10.3 Å². The van der Waals surface area contributed by atoms with E-state index in [2.05, 4.69) is 10.3 Å². The van der Waals surface area contributed by atoms with Crippen LogP contribution in [0.2, 0.25) is 0 Å². The fourth-order valence-electron chi connectivity index (χ4n) is 2.07. The van der Waals surface area contributed by atoms with E-state index < -0.39 is 0 Å². The molecular formula is C16H20N4O. The first-order valence-corrected chi connectivity index (χ1v) is 6.82. The van der Waals surface area contributed by atoms with E-state index in [9.17, 15) is 4.79 Å². The lowest BCUT2D eigenvalue weighted by molar-refractivity contribution is 0.0954. The van der Waals surface area contributed by atoms with Crippen LogP contribution in [0.5, 0.6) is 0 Å². The van der Waals surface area contributed by atoms with E-state index in [-0.39, 0.29) is 5.91 Å². The highest BCUT2D eigenvalue weighted by Gasteiger charge is 2.08. The molecule has 110 valence electrons. The van der Waals surface area contributed by atoms with Crippen molar-refractivity contribution < 1.29 is 4.79 Å². The van der Waals surface area contributed by atoms with Gasteiger partial charge in [-0.05, 0) is 42.3 Å². The molecule has 0 aliphatic rings. The largest absolute Gasteiger partial charge is 0.397 e. The molecule has 0 unspecified atom stereocenters. The number of carbonyl (C=O) groups is 1. The number of nitrogens with one attached hydrogen (secondary N) is 1. The molecule has 1 aromatic heterocycles. The molecule has 5 heteroatoms. The zero-order valence-electron chi connectivity index (χ0n) is 12.3. The van der Waals surface area contributed by atoms with Crippen LogP contribution in [0.1, 0.15) is 15.9 Å². The van der Waals surface area contributed by atoms with E-state index >= 15 is 0 Å². The fourth-order valence-corrected chi connectivity index (χ4v) is 2.07. The summed E-state index contributed by atoms with van der Waals surface area (Å²) in [5.41, 5.74) is 9.18. The van der Waals surface area contributed by atoms with Crippen LogP contribution < -0.4 is 16.0 Å². The smallest absolute Gasteiger partial charge is 0.251 e. The van der Waals surface area contributed by atoms with Crippen LogP contribution in [-0.2, 0) is 6.42 Å². The van der Waals surface area contributed by atoms with E-state index in [4.69, 9.17) is 5.73 Å². The summed E-state index contributed by atoms with van der Waals surface area (Å²) in [4.78, 5) is 18.0. The van der Waals surface area contributed by atoms with Gasteiger partial charge in [-0.15, -0.1) is 0 Å². The Morgan fingerprint density at radius 1 is 1.24 bits per heavy atom. The second kappa shape index (κ2) is 6.74. The molecule has 5 nitrogen and oxygen atoms in total. The number of hydrogen-bond acceptors (Lipinski definition) is 4. The molecule has 0 saturated carbocycles. The van der Waals surface area contributed by atoms with Gasteiger partial charge in [0.2, 0.25) is 0 Å². The van der Waals surface area contributed by atoms with Crippen molar-refractivity contribution in [2.45, 2.75) is 6.42 Å². The molecule has 3 N–H and O–H groups in total. The minimum atomic E-state index is -0.110. The van der Waals surface area contributed by atoms with Gasteiger partial charge in [0.1, 0.15) is 0 Å². The second-order valence-corrected chi connectivity index (χ2v) is 5.03. The van der Waals surface area contributed by atoms with E-state index in [1.165, 1.54) is 0 Å². The third-order valence-electron chi connectivity index (χ3n) is 3.22. The number of nitrogens with zero attached hydrogens (tertiary/aromatic N) is 2. The number of aromatic nitrogens is 1. The number of benzene rings is 1. The van der Waals surface area contributed by atoms with Gasteiger partial charge in [0.05, 0.1) is 11.4 Å². The highest BCUT2D eigenvalue weighted by molar-refractivity contribution is 5.96. The average molecular weight is 284 g/mol. The number of hydrogen-bond donors (Lipinski definition) is 2. The Hall–Kier alpha value is -2.56. The van der Waals surface area contributed by atoms with Crippen molar-refractivity contribution in [3.8, 4) is 0 Å². The van der Waals surface area contributed by atoms with Crippen molar-refractivity contribution in [3.05, 3.63) is 53.9 Å². The van der Waals surface area contributed by atoms with Gasteiger partial charge >= 0.3 is 0 Å². The summed E-state index contributed by atoms with van der Waals surface area (Å²) in [5.74, 6) is -0.110. The summed E-state index contributed by atoms with van der Waals surface area (Å²) in [6.07, 6.45) is 4.27. The van der Waals surface area contributed by atoms with Gasteiger partial charge in [0.25, 0.3) is 5.91 Å². The van der Waals surface area contributed by atoms with E-state index in [0.717, 1.165) is 17.7 Å².